The fourth-order valence-electron chi connectivity index (χ4n) is 3.06. The van der Waals surface area contributed by atoms with Gasteiger partial charge in [-0.15, -0.1) is 0 Å². The molecule has 4 aromatic rings. The lowest BCUT2D eigenvalue weighted by Gasteiger charge is -2.14. The van der Waals surface area contributed by atoms with Gasteiger partial charge in [-0.25, -0.2) is 0 Å². The zero-order valence-corrected chi connectivity index (χ0v) is 12.9. The Labute approximate surface area is 140 Å². The molecule has 1 heterocycles. The molecular formula is C20H12F3NO. The number of halogens is 3. The molecule has 3 aromatic carbocycles. The highest BCUT2D eigenvalue weighted by molar-refractivity contribution is 6.06. The smallest absolute Gasteiger partial charge is 0.276 e. The molecule has 0 aliphatic rings. The molecule has 124 valence electrons. The van der Waals surface area contributed by atoms with Crippen LogP contribution in [0.4, 0.5) is 13.2 Å². The Morgan fingerprint density at radius 3 is 2.08 bits per heavy atom. The van der Waals surface area contributed by atoms with Crippen molar-refractivity contribution in [3.8, 4) is 5.69 Å². The van der Waals surface area contributed by atoms with Crippen LogP contribution >= 0.6 is 0 Å². The molecule has 0 N–H and O–H groups in total. The number of pyridine rings is 1. The predicted molar refractivity (Wildman–Crippen MR) is 92.1 cm³/mol. The van der Waals surface area contributed by atoms with E-state index in [2.05, 4.69) is 0 Å². The number of nitrogens with zero attached hydrogens (tertiary/aromatic N) is 1. The van der Waals surface area contributed by atoms with Gasteiger partial charge in [-0.3, -0.25) is 9.36 Å². The van der Waals surface area contributed by atoms with Crippen molar-refractivity contribution < 1.29 is 13.2 Å². The summed E-state index contributed by atoms with van der Waals surface area (Å²) in [5, 5.41) is 2.68. The van der Waals surface area contributed by atoms with Crippen molar-refractivity contribution in [1.29, 1.82) is 0 Å². The van der Waals surface area contributed by atoms with Crippen molar-refractivity contribution >= 4 is 21.7 Å². The molecule has 0 aliphatic heterocycles. The highest BCUT2D eigenvalue weighted by Gasteiger charge is 2.30. The van der Waals surface area contributed by atoms with Gasteiger partial charge in [0.2, 0.25) is 0 Å². The predicted octanol–water partition coefficient (Wildman–Crippen LogP) is 5.16. The zero-order chi connectivity index (χ0) is 17.6. The minimum absolute atomic E-state index is 0.288. The average Bonchev–Trinajstić information content (AvgIpc) is 2.61. The second-order valence-electron chi connectivity index (χ2n) is 5.78. The maximum Gasteiger partial charge on any atom is 0.416 e. The van der Waals surface area contributed by atoms with E-state index in [4.69, 9.17) is 0 Å². The number of hydrogen-bond acceptors (Lipinski definition) is 1. The molecule has 0 atom stereocenters. The van der Waals surface area contributed by atoms with Gasteiger partial charge in [0.25, 0.3) is 5.56 Å². The van der Waals surface area contributed by atoms with Crippen LogP contribution in [0.3, 0.4) is 0 Å². The quantitative estimate of drug-likeness (QED) is 0.439. The second kappa shape index (κ2) is 5.48. The van der Waals surface area contributed by atoms with E-state index in [9.17, 15) is 18.0 Å². The molecule has 25 heavy (non-hydrogen) atoms. The van der Waals surface area contributed by atoms with Crippen LogP contribution in [0, 0.1) is 0 Å². The number of hydrogen-bond donors (Lipinski definition) is 0. The summed E-state index contributed by atoms with van der Waals surface area (Å²) in [7, 11) is 0. The Morgan fingerprint density at radius 1 is 0.720 bits per heavy atom. The van der Waals surface area contributed by atoms with Crippen LogP contribution in [0.2, 0.25) is 0 Å². The van der Waals surface area contributed by atoms with Crippen molar-refractivity contribution in [2.75, 3.05) is 0 Å². The van der Waals surface area contributed by atoms with E-state index in [0.29, 0.717) is 11.2 Å². The molecule has 0 bridgehead atoms. The molecule has 0 fully saturated rings. The van der Waals surface area contributed by atoms with Crippen molar-refractivity contribution in [3.05, 3.63) is 88.7 Å². The van der Waals surface area contributed by atoms with Gasteiger partial charge in [0.15, 0.2) is 0 Å². The number of fused-ring (bicyclic) bond motifs is 3. The zero-order valence-electron chi connectivity index (χ0n) is 12.9. The Bertz CT molecular complexity index is 1140. The van der Waals surface area contributed by atoms with Gasteiger partial charge in [0, 0.05) is 17.1 Å². The van der Waals surface area contributed by atoms with Crippen LogP contribution in [-0.4, -0.2) is 4.57 Å². The molecular weight excluding hydrogens is 327 g/mol. The van der Waals surface area contributed by atoms with E-state index in [1.54, 1.807) is 6.07 Å². The van der Waals surface area contributed by atoms with E-state index in [1.165, 1.54) is 22.8 Å². The third kappa shape index (κ3) is 2.58. The third-order valence-electron chi connectivity index (χ3n) is 4.23. The molecule has 0 unspecified atom stereocenters. The van der Waals surface area contributed by atoms with Crippen LogP contribution < -0.4 is 5.56 Å². The molecule has 4 rings (SSSR count). The molecule has 0 radical (unpaired) electrons. The number of alkyl halides is 3. The Hall–Kier alpha value is -3.08. The van der Waals surface area contributed by atoms with Gasteiger partial charge in [-0.05, 0) is 41.1 Å². The highest BCUT2D eigenvalue weighted by atomic mass is 19.4. The van der Waals surface area contributed by atoms with Crippen molar-refractivity contribution in [2.45, 2.75) is 6.18 Å². The van der Waals surface area contributed by atoms with Gasteiger partial charge in [-0.2, -0.15) is 13.2 Å². The summed E-state index contributed by atoms with van der Waals surface area (Å²) in [6.45, 7) is 0. The fraction of sp³-hybridized carbons (Fsp3) is 0.0500. The summed E-state index contributed by atoms with van der Waals surface area (Å²) >= 11 is 0. The molecule has 0 spiro atoms. The summed E-state index contributed by atoms with van der Waals surface area (Å²) in [5.41, 5.74) is 0.0586. The third-order valence-corrected chi connectivity index (χ3v) is 4.23. The first-order valence-corrected chi connectivity index (χ1v) is 7.66. The maximum absolute atomic E-state index is 12.8. The summed E-state index contributed by atoms with van der Waals surface area (Å²) in [6, 6.07) is 19.2. The Kier molecular flexibility index (Phi) is 3.39. The van der Waals surface area contributed by atoms with Gasteiger partial charge in [0.05, 0.1) is 11.1 Å². The molecule has 0 amide bonds. The van der Waals surface area contributed by atoms with E-state index < -0.39 is 11.7 Å². The van der Waals surface area contributed by atoms with Crippen LogP contribution in [0.15, 0.2) is 77.6 Å². The Morgan fingerprint density at radius 2 is 1.36 bits per heavy atom. The van der Waals surface area contributed by atoms with E-state index >= 15 is 0 Å². The summed E-state index contributed by atoms with van der Waals surface area (Å²) < 4.78 is 39.8. The lowest BCUT2D eigenvalue weighted by molar-refractivity contribution is -0.137. The molecule has 0 saturated carbocycles. The number of benzene rings is 3. The molecule has 0 aliphatic carbocycles. The van der Waals surface area contributed by atoms with Gasteiger partial charge in [-0.1, -0.05) is 36.4 Å². The van der Waals surface area contributed by atoms with Crippen LogP contribution in [0.1, 0.15) is 5.56 Å². The lowest BCUT2D eigenvalue weighted by Crippen LogP contribution is -2.17. The lowest BCUT2D eigenvalue weighted by atomic mass is 10.1. The normalized spacial score (nSPS) is 12.0. The molecule has 0 saturated heterocycles. The largest absolute Gasteiger partial charge is 0.416 e. The molecule has 1 aromatic heterocycles. The molecule has 2 nitrogen and oxygen atoms in total. The van der Waals surface area contributed by atoms with Gasteiger partial charge >= 0.3 is 6.18 Å². The summed E-state index contributed by atoms with van der Waals surface area (Å²) in [6.07, 6.45) is -4.41. The van der Waals surface area contributed by atoms with Crippen LogP contribution in [0.25, 0.3) is 27.4 Å². The monoisotopic (exact) mass is 339 g/mol. The minimum atomic E-state index is -4.41. The maximum atomic E-state index is 12.8. The topological polar surface area (TPSA) is 22.0 Å². The first kappa shape index (κ1) is 15.4. The second-order valence-corrected chi connectivity index (χ2v) is 5.78. The minimum Gasteiger partial charge on any atom is -0.276 e. The first-order chi connectivity index (χ1) is 11.9. The fourth-order valence-corrected chi connectivity index (χ4v) is 3.06. The van der Waals surface area contributed by atoms with Crippen molar-refractivity contribution in [2.24, 2.45) is 0 Å². The Balaban J connectivity index is 2.05. The molecule has 5 heteroatoms. The number of aromatic nitrogens is 1. The van der Waals surface area contributed by atoms with E-state index in [1.807, 2.05) is 36.4 Å². The summed E-state index contributed by atoms with van der Waals surface area (Å²) in [4.78, 5) is 12.5. The summed E-state index contributed by atoms with van der Waals surface area (Å²) in [5.74, 6) is 0. The van der Waals surface area contributed by atoms with Gasteiger partial charge in [0.1, 0.15) is 0 Å². The first-order valence-electron chi connectivity index (χ1n) is 7.66. The van der Waals surface area contributed by atoms with Crippen LogP contribution in [-0.2, 0) is 6.18 Å². The van der Waals surface area contributed by atoms with Gasteiger partial charge < -0.3 is 0 Å². The standard InChI is InChI=1S/C20H12F3NO/c21-20(22,23)15-8-10-16(11-9-15)24-18(25)12-7-14-6-5-13-3-1-2-4-17(13)19(14)24/h1-12H. The van der Waals surface area contributed by atoms with Crippen molar-refractivity contribution in [3.63, 3.8) is 0 Å². The average molecular weight is 339 g/mol. The number of rotatable bonds is 1. The van der Waals surface area contributed by atoms with Crippen LogP contribution in [0.5, 0.6) is 0 Å². The van der Waals surface area contributed by atoms with E-state index in [-0.39, 0.29) is 5.56 Å². The van der Waals surface area contributed by atoms with E-state index in [0.717, 1.165) is 28.3 Å². The highest BCUT2D eigenvalue weighted by Crippen LogP contribution is 2.31. The SMILES string of the molecule is O=c1ccc2ccc3ccccc3c2n1-c1ccc(C(F)(F)F)cc1. The van der Waals surface area contributed by atoms with Crippen molar-refractivity contribution in [1.82, 2.24) is 4.57 Å².